The normalized spacial score (nSPS) is 11.3. The molecule has 4 rings (SSSR count). The van der Waals surface area contributed by atoms with Crippen molar-refractivity contribution in [3.05, 3.63) is 106 Å². The van der Waals surface area contributed by atoms with Gasteiger partial charge in [0.25, 0.3) is 5.56 Å². The van der Waals surface area contributed by atoms with E-state index in [1.165, 1.54) is 47.1 Å². The van der Waals surface area contributed by atoms with Crippen molar-refractivity contribution in [2.45, 2.75) is 0 Å². The quantitative estimate of drug-likeness (QED) is 0.542. The molecule has 0 aliphatic heterocycles. The van der Waals surface area contributed by atoms with Crippen LogP contribution in [-0.4, -0.2) is 20.6 Å². The Bertz CT molecular complexity index is 1360. The van der Waals surface area contributed by atoms with Crippen LogP contribution in [0.15, 0.2) is 71.5 Å². The van der Waals surface area contributed by atoms with Crippen LogP contribution in [0.4, 0.5) is 8.78 Å². The Labute approximate surface area is 169 Å². The van der Waals surface area contributed by atoms with Crippen molar-refractivity contribution in [2.75, 3.05) is 0 Å². The molecular formula is C23H14F2N2O3. The average molecular weight is 404 g/mol. The van der Waals surface area contributed by atoms with Crippen molar-refractivity contribution in [3.8, 4) is 5.69 Å². The van der Waals surface area contributed by atoms with E-state index >= 15 is 0 Å². The molecule has 148 valence electrons. The van der Waals surface area contributed by atoms with Gasteiger partial charge in [-0.2, -0.15) is 0 Å². The molecule has 0 fully saturated rings. The number of nitrogens with zero attached hydrogens (tertiary/aromatic N) is 2. The fraction of sp³-hybridized carbons (Fsp3) is 0. The third kappa shape index (κ3) is 3.60. The molecule has 1 heterocycles. The van der Waals surface area contributed by atoms with E-state index in [0.717, 1.165) is 12.1 Å². The van der Waals surface area contributed by atoms with Crippen LogP contribution in [0, 0.1) is 11.6 Å². The highest BCUT2D eigenvalue weighted by molar-refractivity contribution is 5.88. The number of hydrogen-bond acceptors (Lipinski definition) is 3. The van der Waals surface area contributed by atoms with E-state index in [0.29, 0.717) is 22.2 Å². The molecule has 0 aliphatic rings. The van der Waals surface area contributed by atoms with Crippen molar-refractivity contribution in [2.24, 2.45) is 0 Å². The molecule has 0 saturated carbocycles. The fourth-order valence-electron chi connectivity index (χ4n) is 3.05. The van der Waals surface area contributed by atoms with E-state index in [-0.39, 0.29) is 16.9 Å². The van der Waals surface area contributed by atoms with Gasteiger partial charge in [-0.15, -0.1) is 0 Å². The number of rotatable bonds is 4. The van der Waals surface area contributed by atoms with E-state index in [1.54, 1.807) is 24.3 Å². The lowest BCUT2D eigenvalue weighted by atomic mass is 10.1. The maximum absolute atomic E-state index is 13.5. The Kier molecular flexibility index (Phi) is 4.93. The van der Waals surface area contributed by atoms with E-state index in [2.05, 4.69) is 4.98 Å². The molecule has 0 saturated heterocycles. The van der Waals surface area contributed by atoms with Crippen LogP contribution in [0.2, 0.25) is 0 Å². The van der Waals surface area contributed by atoms with Crippen LogP contribution in [0.1, 0.15) is 21.7 Å². The highest BCUT2D eigenvalue weighted by Gasteiger charge is 2.12. The topological polar surface area (TPSA) is 72.2 Å². The number of para-hydroxylation sites is 1. The number of fused-ring (bicyclic) bond motifs is 1. The summed E-state index contributed by atoms with van der Waals surface area (Å²) in [6.07, 6.45) is 3.03. The van der Waals surface area contributed by atoms with Gasteiger partial charge in [-0.3, -0.25) is 9.36 Å². The molecule has 0 unspecified atom stereocenters. The summed E-state index contributed by atoms with van der Waals surface area (Å²) in [6.45, 7) is 0. The monoisotopic (exact) mass is 404 g/mol. The second kappa shape index (κ2) is 7.71. The molecule has 4 aromatic rings. The minimum Gasteiger partial charge on any atom is -0.478 e. The van der Waals surface area contributed by atoms with Gasteiger partial charge in [0, 0.05) is 0 Å². The number of aromatic nitrogens is 2. The van der Waals surface area contributed by atoms with E-state index < -0.39 is 17.6 Å². The van der Waals surface area contributed by atoms with Crippen LogP contribution in [0.3, 0.4) is 0 Å². The summed E-state index contributed by atoms with van der Waals surface area (Å²) >= 11 is 0. The third-order valence-corrected chi connectivity index (χ3v) is 4.54. The summed E-state index contributed by atoms with van der Waals surface area (Å²) in [4.78, 5) is 28.8. The number of benzene rings is 3. The molecule has 0 spiro atoms. The van der Waals surface area contributed by atoms with E-state index in [1.807, 2.05) is 0 Å². The molecule has 0 amide bonds. The van der Waals surface area contributed by atoms with Crippen molar-refractivity contribution >= 4 is 29.0 Å². The first kappa shape index (κ1) is 19.2. The smallest absolute Gasteiger partial charge is 0.335 e. The first-order valence-corrected chi connectivity index (χ1v) is 8.93. The average Bonchev–Trinajstić information content (AvgIpc) is 2.75. The van der Waals surface area contributed by atoms with Gasteiger partial charge in [-0.1, -0.05) is 24.3 Å². The lowest BCUT2D eigenvalue weighted by Gasteiger charge is -2.11. The van der Waals surface area contributed by atoms with Crippen LogP contribution >= 0.6 is 0 Å². The Morgan fingerprint density at radius 1 is 0.933 bits per heavy atom. The summed E-state index contributed by atoms with van der Waals surface area (Å²) in [7, 11) is 0. The molecule has 0 bridgehead atoms. The lowest BCUT2D eigenvalue weighted by Crippen LogP contribution is -2.22. The summed E-state index contributed by atoms with van der Waals surface area (Å²) in [5.41, 5.74) is 1.04. The molecule has 30 heavy (non-hydrogen) atoms. The Morgan fingerprint density at radius 3 is 2.37 bits per heavy atom. The predicted molar refractivity (Wildman–Crippen MR) is 110 cm³/mol. The number of carboxylic acid groups (broad SMARTS) is 1. The highest BCUT2D eigenvalue weighted by Crippen LogP contribution is 2.17. The van der Waals surface area contributed by atoms with Crippen LogP contribution < -0.4 is 5.56 Å². The zero-order chi connectivity index (χ0) is 21.3. The second-order valence-electron chi connectivity index (χ2n) is 6.49. The van der Waals surface area contributed by atoms with Crippen molar-refractivity contribution in [1.29, 1.82) is 0 Å². The molecule has 3 aromatic carbocycles. The summed E-state index contributed by atoms with van der Waals surface area (Å²) < 4.78 is 28.0. The number of carboxylic acids is 1. The van der Waals surface area contributed by atoms with Gasteiger partial charge in [0.1, 0.15) is 5.82 Å². The second-order valence-corrected chi connectivity index (χ2v) is 6.49. The summed E-state index contributed by atoms with van der Waals surface area (Å²) in [6, 6.07) is 16.1. The number of aromatic carboxylic acids is 1. The third-order valence-electron chi connectivity index (χ3n) is 4.54. The highest BCUT2D eigenvalue weighted by atomic mass is 19.2. The minimum absolute atomic E-state index is 0.0828. The molecular weight excluding hydrogens is 390 g/mol. The van der Waals surface area contributed by atoms with Gasteiger partial charge < -0.3 is 5.11 Å². The maximum Gasteiger partial charge on any atom is 0.335 e. The van der Waals surface area contributed by atoms with Gasteiger partial charge in [0.2, 0.25) is 0 Å². The summed E-state index contributed by atoms with van der Waals surface area (Å²) in [5, 5.41) is 9.49. The molecule has 0 radical (unpaired) electrons. The summed E-state index contributed by atoms with van der Waals surface area (Å²) in [5.74, 6) is -2.76. The van der Waals surface area contributed by atoms with Crippen LogP contribution in [-0.2, 0) is 0 Å². The standard InChI is InChI=1S/C23H14F2N2O3/c24-18-11-5-14(13-19(18)25)6-12-21-26-20-4-2-1-3-17(20)22(28)27(21)16-9-7-15(8-10-16)23(29)30/h1-13H,(H,29,30)/b12-6-. The molecule has 0 atom stereocenters. The maximum atomic E-state index is 13.5. The Hall–Kier alpha value is -4.13. The first-order valence-electron chi connectivity index (χ1n) is 8.93. The number of hydrogen-bond donors (Lipinski definition) is 1. The molecule has 1 N–H and O–H groups in total. The van der Waals surface area contributed by atoms with Gasteiger partial charge in [-0.05, 0) is 60.2 Å². The van der Waals surface area contributed by atoms with Crippen LogP contribution in [0.25, 0.3) is 28.7 Å². The van der Waals surface area contributed by atoms with E-state index in [9.17, 15) is 18.4 Å². The lowest BCUT2D eigenvalue weighted by molar-refractivity contribution is 0.0697. The molecule has 1 aromatic heterocycles. The molecule has 7 heteroatoms. The zero-order valence-electron chi connectivity index (χ0n) is 15.4. The Morgan fingerprint density at radius 2 is 1.67 bits per heavy atom. The molecule has 5 nitrogen and oxygen atoms in total. The number of carbonyl (C=O) groups is 1. The van der Waals surface area contributed by atoms with Crippen molar-refractivity contribution < 1.29 is 18.7 Å². The van der Waals surface area contributed by atoms with Gasteiger partial charge in [0.15, 0.2) is 11.6 Å². The SMILES string of the molecule is O=C(O)c1ccc(-n2c(/C=C\c3ccc(F)c(F)c3)nc3ccccc3c2=O)cc1. The fourth-order valence-corrected chi connectivity index (χ4v) is 3.05. The largest absolute Gasteiger partial charge is 0.478 e. The van der Waals surface area contributed by atoms with Crippen LogP contribution in [0.5, 0.6) is 0 Å². The van der Waals surface area contributed by atoms with Gasteiger partial charge in [0.05, 0.1) is 22.2 Å². The predicted octanol–water partition coefficient (Wildman–Crippen LogP) is 4.53. The van der Waals surface area contributed by atoms with Gasteiger partial charge in [-0.25, -0.2) is 18.6 Å². The van der Waals surface area contributed by atoms with Gasteiger partial charge >= 0.3 is 5.97 Å². The van der Waals surface area contributed by atoms with E-state index in [4.69, 9.17) is 5.11 Å². The molecule has 0 aliphatic carbocycles. The van der Waals surface area contributed by atoms with Crippen molar-refractivity contribution in [1.82, 2.24) is 9.55 Å². The van der Waals surface area contributed by atoms with Crippen molar-refractivity contribution in [3.63, 3.8) is 0 Å². The Balaban J connectivity index is 1.89. The zero-order valence-corrected chi connectivity index (χ0v) is 15.4. The minimum atomic E-state index is -1.08. The number of halogens is 2. The first-order chi connectivity index (χ1) is 14.4.